The third kappa shape index (κ3) is 4.01. The van der Waals surface area contributed by atoms with Crippen molar-refractivity contribution >= 4 is 28.4 Å². The summed E-state index contributed by atoms with van der Waals surface area (Å²) in [6, 6.07) is 5.24. The maximum Gasteiger partial charge on any atom is 0.278 e. The largest absolute Gasteiger partial charge is 0.370 e. The van der Waals surface area contributed by atoms with Gasteiger partial charge in [0.1, 0.15) is 24.0 Å². The van der Waals surface area contributed by atoms with E-state index in [2.05, 4.69) is 11.9 Å². The Hall–Kier alpha value is -3.30. The zero-order valence-electron chi connectivity index (χ0n) is 17.7. The first-order valence-electron chi connectivity index (χ1n) is 10.5. The van der Waals surface area contributed by atoms with Gasteiger partial charge in [-0.05, 0) is 19.1 Å². The number of nitrogens with one attached hydrogen (secondary N) is 2. The molecule has 0 bridgehead atoms. The smallest absolute Gasteiger partial charge is 0.278 e. The predicted octanol–water partition coefficient (Wildman–Crippen LogP) is -1.14. The lowest BCUT2D eigenvalue weighted by Gasteiger charge is -2.23. The molecule has 1 fully saturated rings. The van der Waals surface area contributed by atoms with Crippen LogP contribution in [-0.2, 0) is 11.3 Å². The standard InChI is InChI=1S/C22H26N6O3/c1-3-7-27-18(23)16(21(29)24-6-9-26-10-12-31-13-11-26)14-17-20(27)25-19-15(2)5-4-8-28(19)22(17)30/h3-5,8,14,23H,1,6-7,9-13H2,2H3,(H,24,29)/p+2. The maximum absolute atomic E-state index is 13.2. The topological polar surface area (TPSA) is 107 Å². The van der Waals surface area contributed by atoms with Crippen LogP contribution in [-0.4, -0.2) is 54.7 Å². The van der Waals surface area contributed by atoms with Gasteiger partial charge in [0.2, 0.25) is 11.5 Å². The van der Waals surface area contributed by atoms with Crippen LogP contribution in [0.1, 0.15) is 15.9 Å². The lowest BCUT2D eigenvalue weighted by atomic mass is 10.1. The van der Waals surface area contributed by atoms with Crippen LogP contribution in [0.15, 0.2) is 41.8 Å². The summed E-state index contributed by atoms with van der Waals surface area (Å²) in [7, 11) is 0. The third-order valence-electron chi connectivity index (χ3n) is 5.70. The van der Waals surface area contributed by atoms with Gasteiger partial charge in [0.15, 0.2) is 0 Å². The number of quaternary nitrogens is 1. The molecule has 3 aromatic heterocycles. The first-order chi connectivity index (χ1) is 15.0. The van der Waals surface area contributed by atoms with Crippen LogP contribution >= 0.6 is 0 Å². The maximum atomic E-state index is 13.2. The summed E-state index contributed by atoms with van der Waals surface area (Å²) in [6.07, 6.45) is 3.34. The Kier molecular flexibility index (Phi) is 5.97. The van der Waals surface area contributed by atoms with E-state index in [9.17, 15) is 9.59 Å². The molecule has 0 atom stereocenters. The highest BCUT2D eigenvalue weighted by Crippen LogP contribution is 2.15. The van der Waals surface area contributed by atoms with Crippen molar-refractivity contribution < 1.29 is 19.0 Å². The van der Waals surface area contributed by atoms with E-state index in [-0.39, 0.29) is 22.8 Å². The van der Waals surface area contributed by atoms with E-state index in [1.54, 1.807) is 29.0 Å². The van der Waals surface area contributed by atoms with E-state index in [0.29, 0.717) is 29.8 Å². The minimum Gasteiger partial charge on any atom is -0.370 e. The fourth-order valence-corrected chi connectivity index (χ4v) is 3.96. The fourth-order valence-electron chi connectivity index (χ4n) is 3.96. The number of rotatable bonds is 6. The molecule has 9 nitrogen and oxygen atoms in total. The van der Waals surface area contributed by atoms with Crippen LogP contribution in [0.2, 0.25) is 0 Å². The number of fused-ring (bicyclic) bond motifs is 2. The molecule has 0 saturated carbocycles. The molecule has 4 rings (SSSR count). The van der Waals surface area contributed by atoms with Gasteiger partial charge in [0.05, 0.1) is 32.8 Å². The Bertz CT molecular complexity index is 1210. The number of carbonyl (C=O) groups is 1. The molecule has 0 spiro atoms. The summed E-state index contributed by atoms with van der Waals surface area (Å²) >= 11 is 0. The SMILES string of the molecule is C=CC[n+]1c(N)c(C(=O)NCC[NH+]2CCOCC2)cc2c(=O)n3cccc(C)c3nc21. The molecule has 3 aromatic rings. The highest BCUT2D eigenvalue weighted by Gasteiger charge is 2.24. The number of anilines is 1. The number of nitrogens with two attached hydrogens (primary N) is 1. The van der Waals surface area contributed by atoms with Crippen LogP contribution in [0.25, 0.3) is 16.7 Å². The average Bonchev–Trinajstić information content (AvgIpc) is 2.77. The molecular formula is C22H28N6O3+2. The highest BCUT2D eigenvalue weighted by molar-refractivity contribution is 6.00. The molecule has 1 aliphatic rings. The lowest BCUT2D eigenvalue weighted by molar-refractivity contribution is -0.906. The number of allylic oxidation sites excluding steroid dienone is 1. The van der Waals surface area contributed by atoms with Crippen molar-refractivity contribution in [2.75, 3.05) is 45.1 Å². The Morgan fingerprint density at radius 2 is 2.23 bits per heavy atom. The lowest BCUT2D eigenvalue weighted by Crippen LogP contribution is -3.14. The van der Waals surface area contributed by atoms with E-state index < -0.39 is 0 Å². The second kappa shape index (κ2) is 8.83. The zero-order chi connectivity index (χ0) is 22.0. The van der Waals surface area contributed by atoms with Crippen molar-refractivity contribution in [3.63, 3.8) is 0 Å². The van der Waals surface area contributed by atoms with Crippen molar-refractivity contribution in [3.8, 4) is 0 Å². The van der Waals surface area contributed by atoms with Crippen LogP contribution in [0.4, 0.5) is 5.82 Å². The van der Waals surface area contributed by atoms with E-state index >= 15 is 0 Å². The monoisotopic (exact) mass is 424 g/mol. The number of ether oxygens (including phenoxy) is 1. The van der Waals surface area contributed by atoms with Gasteiger partial charge in [0, 0.05) is 11.8 Å². The van der Waals surface area contributed by atoms with Gasteiger partial charge in [-0.3, -0.25) is 14.0 Å². The van der Waals surface area contributed by atoms with Crippen molar-refractivity contribution in [2.45, 2.75) is 13.5 Å². The van der Waals surface area contributed by atoms with Crippen molar-refractivity contribution in [3.05, 3.63) is 58.5 Å². The number of nitrogens with zero attached hydrogens (tertiary/aromatic N) is 3. The minimum absolute atomic E-state index is 0.242. The van der Waals surface area contributed by atoms with Gasteiger partial charge >= 0.3 is 0 Å². The van der Waals surface area contributed by atoms with Gasteiger partial charge < -0.3 is 20.7 Å². The van der Waals surface area contributed by atoms with E-state index in [0.717, 1.165) is 38.4 Å². The second-order valence-electron chi connectivity index (χ2n) is 7.75. The summed E-state index contributed by atoms with van der Waals surface area (Å²) in [6.45, 7) is 10.7. The molecule has 4 N–H and O–H groups in total. The molecule has 0 aromatic carbocycles. The quantitative estimate of drug-likeness (QED) is 0.263. The summed E-state index contributed by atoms with van der Waals surface area (Å²) in [5.41, 5.74) is 8.25. The van der Waals surface area contributed by atoms with Gasteiger partial charge in [-0.2, -0.15) is 0 Å². The second-order valence-corrected chi connectivity index (χ2v) is 7.75. The van der Waals surface area contributed by atoms with Gasteiger partial charge in [-0.15, -0.1) is 0 Å². The number of pyridine rings is 2. The molecular weight excluding hydrogens is 396 g/mol. The van der Waals surface area contributed by atoms with E-state index in [4.69, 9.17) is 15.5 Å². The Morgan fingerprint density at radius 3 is 2.97 bits per heavy atom. The summed E-state index contributed by atoms with van der Waals surface area (Å²) < 4.78 is 8.53. The molecule has 0 aliphatic carbocycles. The molecule has 31 heavy (non-hydrogen) atoms. The Morgan fingerprint density at radius 1 is 1.45 bits per heavy atom. The molecule has 0 radical (unpaired) electrons. The van der Waals surface area contributed by atoms with Gasteiger partial charge in [0.25, 0.3) is 17.1 Å². The summed E-state index contributed by atoms with van der Waals surface area (Å²) in [5, 5.41) is 3.27. The summed E-state index contributed by atoms with van der Waals surface area (Å²) in [5.74, 6) is -0.0490. The first kappa shape index (κ1) is 21.0. The number of aromatic nitrogens is 3. The first-order valence-corrected chi connectivity index (χ1v) is 10.5. The molecule has 162 valence electrons. The molecule has 1 aliphatic heterocycles. The van der Waals surface area contributed by atoms with E-state index in [1.807, 2.05) is 13.0 Å². The molecule has 0 unspecified atom stereocenters. The third-order valence-corrected chi connectivity index (χ3v) is 5.70. The van der Waals surface area contributed by atoms with E-state index in [1.165, 1.54) is 9.30 Å². The number of carbonyl (C=O) groups excluding carboxylic acids is 1. The number of morpholine rings is 1. The summed E-state index contributed by atoms with van der Waals surface area (Å²) in [4.78, 5) is 32.2. The molecule has 9 heteroatoms. The van der Waals surface area contributed by atoms with Crippen molar-refractivity contribution in [1.82, 2.24) is 14.7 Å². The van der Waals surface area contributed by atoms with Crippen LogP contribution in [0.5, 0.6) is 0 Å². The number of amides is 1. The minimum atomic E-state index is -0.307. The molecule has 4 heterocycles. The number of hydrogen-bond acceptors (Lipinski definition) is 5. The molecule has 1 amide bonds. The van der Waals surface area contributed by atoms with Crippen LogP contribution in [0.3, 0.4) is 0 Å². The number of hydrogen-bond donors (Lipinski definition) is 3. The average molecular weight is 425 g/mol. The Labute approximate surface area is 179 Å². The normalized spacial score (nSPS) is 14.7. The van der Waals surface area contributed by atoms with Gasteiger partial charge in [-0.1, -0.05) is 23.7 Å². The van der Waals surface area contributed by atoms with Crippen molar-refractivity contribution in [2.24, 2.45) is 0 Å². The van der Waals surface area contributed by atoms with Crippen LogP contribution in [0, 0.1) is 6.92 Å². The molecule has 1 saturated heterocycles. The highest BCUT2D eigenvalue weighted by atomic mass is 16.5. The van der Waals surface area contributed by atoms with Crippen molar-refractivity contribution in [1.29, 1.82) is 0 Å². The fraction of sp³-hybridized carbons (Fsp3) is 0.364. The number of nitrogen functional groups attached to an aromatic ring is 1. The Balaban J connectivity index is 1.73. The van der Waals surface area contributed by atoms with Crippen LogP contribution < -0.4 is 26.1 Å². The van der Waals surface area contributed by atoms with Gasteiger partial charge in [-0.25, -0.2) is 4.57 Å². The predicted molar refractivity (Wildman–Crippen MR) is 117 cm³/mol. The number of aryl methyl sites for hydroxylation is 1. The zero-order valence-corrected chi connectivity index (χ0v) is 17.7.